The summed E-state index contributed by atoms with van der Waals surface area (Å²) in [5, 5.41) is 9.31. The molecule has 1 N–H and O–H groups in total. The largest absolute Gasteiger partial charge is 0.460 e. The van der Waals surface area contributed by atoms with Crippen molar-refractivity contribution in [2.24, 2.45) is 0 Å². The molecule has 0 radical (unpaired) electrons. The number of aldehydes is 1. The number of hydrogen-bond acceptors (Lipinski definition) is 6. The van der Waals surface area contributed by atoms with Crippen molar-refractivity contribution in [3.8, 4) is 0 Å². The first kappa shape index (κ1) is 54.1. The van der Waals surface area contributed by atoms with E-state index in [4.69, 9.17) is 9.47 Å². The fourth-order valence-corrected chi connectivity index (χ4v) is 7.13. The van der Waals surface area contributed by atoms with E-state index >= 15 is 0 Å². The lowest BCUT2D eigenvalue weighted by Gasteiger charge is -2.25. The van der Waals surface area contributed by atoms with Gasteiger partial charge in [-0.15, -0.1) is 0 Å². The van der Waals surface area contributed by atoms with Gasteiger partial charge in [-0.2, -0.15) is 0 Å². The van der Waals surface area contributed by atoms with Crippen molar-refractivity contribution in [3.05, 3.63) is 0 Å². The molecule has 0 atom stereocenters. The molecule has 0 aromatic carbocycles. The summed E-state index contributed by atoms with van der Waals surface area (Å²) in [6, 6.07) is 0. The molecule has 0 heterocycles. The smallest absolute Gasteiger partial charge is 0.306 e. The van der Waals surface area contributed by atoms with Crippen LogP contribution >= 0.6 is 0 Å². The first-order valence-electron chi connectivity index (χ1n) is 23.3. The molecule has 6 nitrogen and oxygen atoms in total. The highest BCUT2D eigenvalue weighted by Crippen LogP contribution is 2.21. The van der Waals surface area contributed by atoms with Crippen LogP contribution in [-0.4, -0.2) is 67.3 Å². The van der Waals surface area contributed by atoms with Crippen LogP contribution in [0.15, 0.2) is 0 Å². The Morgan fingerprint density at radius 3 is 1.45 bits per heavy atom. The number of carbonyl (C=O) groups is 2. The van der Waals surface area contributed by atoms with E-state index in [-0.39, 0.29) is 18.2 Å². The van der Waals surface area contributed by atoms with Crippen molar-refractivity contribution in [2.75, 3.05) is 33.4 Å². The molecule has 0 amide bonds. The number of methoxy groups -OCH3 is 1. The van der Waals surface area contributed by atoms with E-state index in [0.717, 1.165) is 77.3 Å². The Kier molecular flexibility index (Phi) is 44.7. The van der Waals surface area contributed by atoms with Crippen molar-refractivity contribution in [2.45, 2.75) is 258 Å². The van der Waals surface area contributed by atoms with Gasteiger partial charge in [-0.3, -0.25) is 4.79 Å². The quantitative estimate of drug-likeness (QED) is 0.0381. The van der Waals surface area contributed by atoms with Crippen LogP contribution in [0.1, 0.15) is 247 Å². The van der Waals surface area contributed by atoms with E-state index in [1.54, 1.807) is 0 Å². The molecule has 53 heavy (non-hydrogen) atoms. The van der Waals surface area contributed by atoms with Gasteiger partial charge in [-0.25, -0.2) is 0 Å². The molecular weight excluding hydrogens is 659 g/mol. The minimum absolute atomic E-state index is 0.0451. The van der Waals surface area contributed by atoms with Gasteiger partial charge >= 0.3 is 5.97 Å². The highest BCUT2D eigenvalue weighted by molar-refractivity contribution is 5.69. The van der Waals surface area contributed by atoms with E-state index in [2.05, 4.69) is 25.7 Å². The summed E-state index contributed by atoms with van der Waals surface area (Å²) in [5.41, 5.74) is -0.340. The highest BCUT2D eigenvalue weighted by atomic mass is 16.6. The molecular formula is C47H95NO5. The van der Waals surface area contributed by atoms with Crippen LogP contribution < -0.4 is 0 Å². The van der Waals surface area contributed by atoms with Gasteiger partial charge in [0.25, 0.3) is 0 Å². The normalized spacial score (nSPS) is 11.6. The lowest BCUT2D eigenvalue weighted by Crippen LogP contribution is -2.29. The number of aliphatic hydroxyl groups is 1. The zero-order chi connectivity index (χ0) is 39.5. The third-order valence-corrected chi connectivity index (χ3v) is 10.7. The van der Waals surface area contributed by atoms with Gasteiger partial charge in [0.15, 0.2) is 0 Å². The van der Waals surface area contributed by atoms with Gasteiger partial charge in [0, 0.05) is 26.5 Å². The van der Waals surface area contributed by atoms with E-state index in [0.29, 0.717) is 18.9 Å². The Labute approximate surface area is 332 Å². The third-order valence-electron chi connectivity index (χ3n) is 10.7. The molecule has 0 aromatic rings. The van der Waals surface area contributed by atoms with Crippen molar-refractivity contribution in [1.29, 1.82) is 0 Å². The van der Waals surface area contributed by atoms with Gasteiger partial charge in [-0.1, -0.05) is 168 Å². The molecule has 0 aliphatic heterocycles. The maximum Gasteiger partial charge on any atom is 0.306 e. The van der Waals surface area contributed by atoms with Crippen LogP contribution in [0.4, 0.5) is 0 Å². The summed E-state index contributed by atoms with van der Waals surface area (Å²) < 4.78 is 11.3. The zero-order valence-corrected chi connectivity index (χ0v) is 36.8. The lowest BCUT2D eigenvalue weighted by atomic mass is 9.99. The number of aliphatic hydroxyl groups excluding tert-OH is 1. The number of ether oxygens (including phenoxy) is 2. The first-order chi connectivity index (χ1) is 25.8. The number of nitrogens with zero attached hydrogens (tertiary/aromatic N) is 1. The molecule has 0 saturated carbocycles. The summed E-state index contributed by atoms with van der Waals surface area (Å²) in [7, 11) is 1.89. The minimum atomic E-state index is -0.340. The molecule has 0 unspecified atom stereocenters. The SMILES string of the molecule is CCCCCCCCC(C)(C)OC(=O)CCCCCCCN(CCO)CCCCCCCC=O.CCCCCCCCC(CCCCCCCC)OC. The number of rotatable bonds is 41. The lowest BCUT2D eigenvalue weighted by molar-refractivity contribution is -0.157. The number of unbranched alkanes of at least 4 members (excludes halogenated alkanes) is 24. The summed E-state index contributed by atoms with van der Waals surface area (Å²) in [4.78, 5) is 24.9. The first-order valence-corrected chi connectivity index (χ1v) is 23.3. The van der Waals surface area contributed by atoms with Crippen LogP contribution in [0.5, 0.6) is 0 Å². The van der Waals surface area contributed by atoms with Gasteiger partial charge in [0.2, 0.25) is 0 Å². The van der Waals surface area contributed by atoms with E-state index in [9.17, 15) is 14.7 Å². The van der Waals surface area contributed by atoms with E-state index in [1.165, 1.54) is 148 Å². The van der Waals surface area contributed by atoms with Crippen molar-refractivity contribution >= 4 is 12.3 Å². The molecule has 0 bridgehead atoms. The Bertz CT molecular complexity index is 714. The second-order valence-electron chi connectivity index (χ2n) is 16.5. The number of hydrogen-bond donors (Lipinski definition) is 1. The van der Waals surface area contributed by atoms with Crippen LogP contribution in [0.2, 0.25) is 0 Å². The van der Waals surface area contributed by atoms with Crippen molar-refractivity contribution in [3.63, 3.8) is 0 Å². The maximum absolute atomic E-state index is 12.2. The highest BCUT2D eigenvalue weighted by Gasteiger charge is 2.22. The van der Waals surface area contributed by atoms with Crippen LogP contribution in [0.3, 0.4) is 0 Å². The van der Waals surface area contributed by atoms with Gasteiger partial charge in [-0.05, 0) is 78.3 Å². The number of carbonyl (C=O) groups excluding carboxylic acids is 2. The van der Waals surface area contributed by atoms with E-state index in [1.807, 2.05) is 21.0 Å². The number of esters is 1. The fraction of sp³-hybridized carbons (Fsp3) is 0.957. The molecule has 318 valence electrons. The predicted octanol–water partition coefficient (Wildman–Crippen LogP) is 13.7. The summed E-state index contributed by atoms with van der Waals surface area (Å²) in [6.07, 6.45) is 41.7. The predicted molar refractivity (Wildman–Crippen MR) is 230 cm³/mol. The average Bonchev–Trinajstić information content (AvgIpc) is 3.14. The maximum atomic E-state index is 12.2. The van der Waals surface area contributed by atoms with Gasteiger partial charge < -0.3 is 24.3 Å². The van der Waals surface area contributed by atoms with Gasteiger partial charge in [0.1, 0.15) is 11.9 Å². The van der Waals surface area contributed by atoms with Crippen LogP contribution in [-0.2, 0) is 19.1 Å². The Hall–Kier alpha value is -0.980. The van der Waals surface area contributed by atoms with Crippen LogP contribution in [0, 0.1) is 0 Å². The molecule has 0 aliphatic rings. The third kappa shape index (κ3) is 43.6. The second-order valence-corrected chi connectivity index (χ2v) is 16.5. The standard InChI is InChI=1S/C29H57NO4.C18H38O/c1-4-5-6-7-12-17-22-29(2,3)34-28(33)21-16-11-10-14-19-24-30(25-27-32)23-18-13-8-9-15-20-26-31;1-4-6-8-10-12-14-16-18(19-3)17-15-13-11-9-7-5-2/h26,32H,4-25,27H2,1-3H3;18H,4-17H2,1-3H3. The molecule has 6 heteroatoms. The summed E-state index contributed by atoms with van der Waals surface area (Å²) in [6.45, 7) is 14.0. The van der Waals surface area contributed by atoms with Crippen molar-refractivity contribution in [1.82, 2.24) is 4.90 Å². The molecule has 0 saturated heterocycles. The zero-order valence-electron chi connectivity index (χ0n) is 36.8. The minimum Gasteiger partial charge on any atom is -0.460 e. The molecule has 0 aliphatic carbocycles. The monoisotopic (exact) mass is 754 g/mol. The topological polar surface area (TPSA) is 76.1 Å². The van der Waals surface area contributed by atoms with Crippen molar-refractivity contribution < 1.29 is 24.2 Å². The Morgan fingerprint density at radius 1 is 0.585 bits per heavy atom. The van der Waals surface area contributed by atoms with E-state index < -0.39 is 0 Å². The summed E-state index contributed by atoms with van der Waals surface area (Å²) in [5.74, 6) is -0.0451. The molecule has 0 spiro atoms. The molecule has 0 aromatic heterocycles. The summed E-state index contributed by atoms with van der Waals surface area (Å²) >= 11 is 0. The Morgan fingerprint density at radius 2 is 1.00 bits per heavy atom. The second kappa shape index (κ2) is 43.7. The molecule has 0 rings (SSSR count). The average molecular weight is 754 g/mol. The molecule has 0 fully saturated rings. The van der Waals surface area contributed by atoms with Crippen LogP contribution in [0.25, 0.3) is 0 Å². The fourth-order valence-electron chi connectivity index (χ4n) is 7.13. The van der Waals surface area contributed by atoms with Gasteiger partial charge in [0.05, 0.1) is 12.7 Å². The Balaban J connectivity index is 0.